The average molecular weight is 356 g/mol. The zero-order valence-electron chi connectivity index (χ0n) is 10.7. The maximum atomic E-state index is 10.6. The van der Waals surface area contributed by atoms with E-state index in [9.17, 15) is 10.1 Å². The van der Waals surface area contributed by atoms with Crippen molar-refractivity contribution in [2.75, 3.05) is 5.32 Å². The number of halogens is 2. The monoisotopic (exact) mass is 354 g/mol. The standard InChI is InChI=1S/C14H12BrClN2O2/c1-9-6-11(3-5-13(9)15)17-8-10-2-4-12(18(19)20)7-14(10)16/h2-7,17H,8H2,1H3. The Hall–Kier alpha value is -1.59. The summed E-state index contributed by atoms with van der Waals surface area (Å²) < 4.78 is 1.05. The highest BCUT2D eigenvalue weighted by molar-refractivity contribution is 9.10. The summed E-state index contributed by atoms with van der Waals surface area (Å²) in [5, 5.41) is 14.3. The van der Waals surface area contributed by atoms with Gasteiger partial charge in [0.15, 0.2) is 0 Å². The zero-order chi connectivity index (χ0) is 14.7. The topological polar surface area (TPSA) is 55.2 Å². The summed E-state index contributed by atoms with van der Waals surface area (Å²) in [5.41, 5.74) is 2.92. The Bertz CT molecular complexity index is 662. The van der Waals surface area contributed by atoms with E-state index in [4.69, 9.17) is 11.6 Å². The predicted octanol–water partition coefficient (Wildman–Crippen LogP) is 4.93. The lowest BCUT2D eigenvalue weighted by atomic mass is 10.2. The van der Waals surface area contributed by atoms with Crippen LogP contribution in [0, 0.1) is 17.0 Å². The Balaban J connectivity index is 2.10. The first-order chi connectivity index (χ1) is 9.47. The van der Waals surface area contributed by atoms with Gasteiger partial charge in [-0.1, -0.05) is 27.5 Å². The number of rotatable bonds is 4. The average Bonchev–Trinajstić information content (AvgIpc) is 2.41. The molecule has 0 radical (unpaired) electrons. The van der Waals surface area contributed by atoms with E-state index in [1.54, 1.807) is 6.07 Å². The highest BCUT2D eigenvalue weighted by Crippen LogP contribution is 2.24. The molecule has 104 valence electrons. The number of nitrogens with one attached hydrogen (secondary N) is 1. The van der Waals surface area contributed by atoms with Crippen molar-refractivity contribution in [3.8, 4) is 0 Å². The molecule has 2 aromatic rings. The van der Waals surface area contributed by atoms with Crippen molar-refractivity contribution in [2.45, 2.75) is 13.5 Å². The van der Waals surface area contributed by atoms with Crippen LogP contribution in [-0.4, -0.2) is 4.92 Å². The lowest BCUT2D eigenvalue weighted by Gasteiger charge is -2.09. The number of nitrogens with zero attached hydrogens (tertiary/aromatic N) is 1. The van der Waals surface area contributed by atoms with Gasteiger partial charge in [-0.15, -0.1) is 0 Å². The number of nitro benzene ring substituents is 1. The first-order valence-electron chi connectivity index (χ1n) is 5.90. The number of hydrogen-bond acceptors (Lipinski definition) is 3. The minimum absolute atomic E-state index is 0.00163. The van der Waals surface area contributed by atoms with Crippen molar-refractivity contribution in [2.24, 2.45) is 0 Å². The van der Waals surface area contributed by atoms with Crippen LogP contribution < -0.4 is 5.32 Å². The van der Waals surface area contributed by atoms with Gasteiger partial charge in [0, 0.05) is 28.8 Å². The van der Waals surface area contributed by atoms with Crippen molar-refractivity contribution >= 4 is 38.9 Å². The van der Waals surface area contributed by atoms with Crippen LogP contribution in [0.1, 0.15) is 11.1 Å². The fourth-order valence-corrected chi connectivity index (χ4v) is 2.23. The number of aryl methyl sites for hydroxylation is 1. The lowest BCUT2D eigenvalue weighted by molar-refractivity contribution is -0.384. The van der Waals surface area contributed by atoms with Crippen molar-refractivity contribution in [1.29, 1.82) is 0 Å². The van der Waals surface area contributed by atoms with Crippen LogP contribution in [0.2, 0.25) is 5.02 Å². The predicted molar refractivity (Wildman–Crippen MR) is 84.3 cm³/mol. The third-order valence-electron chi connectivity index (χ3n) is 2.89. The van der Waals surface area contributed by atoms with Crippen molar-refractivity contribution < 1.29 is 4.92 Å². The van der Waals surface area contributed by atoms with Crippen LogP contribution in [0.25, 0.3) is 0 Å². The molecule has 0 heterocycles. The number of nitro groups is 1. The maximum absolute atomic E-state index is 10.6. The Morgan fingerprint density at radius 3 is 2.65 bits per heavy atom. The molecule has 0 saturated heterocycles. The normalized spacial score (nSPS) is 10.3. The van der Waals surface area contributed by atoms with E-state index < -0.39 is 4.92 Å². The summed E-state index contributed by atoms with van der Waals surface area (Å²) in [6.45, 7) is 2.52. The van der Waals surface area contributed by atoms with Gasteiger partial charge in [-0.05, 0) is 42.3 Å². The smallest absolute Gasteiger partial charge is 0.270 e. The molecular formula is C14H12BrClN2O2. The zero-order valence-corrected chi connectivity index (χ0v) is 13.0. The summed E-state index contributed by atoms with van der Waals surface area (Å²) in [5.74, 6) is 0. The Morgan fingerprint density at radius 2 is 2.05 bits per heavy atom. The molecule has 0 aliphatic carbocycles. The minimum Gasteiger partial charge on any atom is -0.381 e. The molecule has 0 aliphatic rings. The van der Waals surface area contributed by atoms with E-state index in [0.717, 1.165) is 21.3 Å². The second kappa shape index (κ2) is 6.24. The lowest BCUT2D eigenvalue weighted by Crippen LogP contribution is -2.01. The highest BCUT2D eigenvalue weighted by Gasteiger charge is 2.09. The fraction of sp³-hybridized carbons (Fsp3) is 0.143. The van der Waals surface area contributed by atoms with Gasteiger partial charge >= 0.3 is 0 Å². The molecule has 0 unspecified atom stereocenters. The van der Waals surface area contributed by atoms with Gasteiger partial charge in [-0.2, -0.15) is 0 Å². The molecule has 0 aromatic heterocycles. The molecule has 0 aliphatic heterocycles. The molecule has 0 saturated carbocycles. The first kappa shape index (κ1) is 14.8. The van der Waals surface area contributed by atoms with Crippen LogP contribution in [0.5, 0.6) is 0 Å². The second-order valence-electron chi connectivity index (χ2n) is 4.35. The molecule has 6 heteroatoms. The fourth-order valence-electron chi connectivity index (χ4n) is 1.75. The van der Waals surface area contributed by atoms with Gasteiger partial charge in [-0.3, -0.25) is 10.1 Å². The van der Waals surface area contributed by atoms with Gasteiger partial charge in [0.1, 0.15) is 0 Å². The second-order valence-corrected chi connectivity index (χ2v) is 5.61. The van der Waals surface area contributed by atoms with E-state index in [1.807, 2.05) is 25.1 Å². The third kappa shape index (κ3) is 3.49. The molecule has 0 amide bonds. The summed E-state index contributed by atoms with van der Waals surface area (Å²) in [6.07, 6.45) is 0. The summed E-state index contributed by atoms with van der Waals surface area (Å²) in [7, 11) is 0. The van der Waals surface area contributed by atoms with E-state index in [-0.39, 0.29) is 5.69 Å². The maximum Gasteiger partial charge on any atom is 0.270 e. The van der Waals surface area contributed by atoms with Crippen molar-refractivity contribution in [3.63, 3.8) is 0 Å². The summed E-state index contributed by atoms with van der Waals surface area (Å²) >= 11 is 9.49. The first-order valence-corrected chi connectivity index (χ1v) is 7.07. The van der Waals surface area contributed by atoms with E-state index >= 15 is 0 Å². The molecular weight excluding hydrogens is 344 g/mol. The molecule has 0 atom stereocenters. The Labute approximate surface area is 130 Å². The number of benzene rings is 2. The van der Waals surface area contributed by atoms with Gasteiger partial charge < -0.3 is 5.32 Å². The molecule has 2 rings (SSSR count). The van der Waals surface area contributed by atoms with Crippen molar-refractivity contribution in [3.05, 3.63) is 67.1 Å². The molecule has 4 nitrogen and oxygen atoms in total. The van der Waals surface area contributed by atoms with Crippen molar-refractivity contribution in [1.82, 2.24) is 0 Å². The van der Waals surface area contributed by atoms with E-state index in [1.165, 1.54) is 12.1 Å². The highest BCUT2D eigenvalue weighted by atomic mass is 79.9. The number of anilines is 1. The summed E-state index contributed by atoms with van der Waals surface area (Å²) in [6, 6.07) is 10.4. The molecule has 2 aromatic carbocycles. The van der Waals surface area contributed by atoms with Crippen LogP contribution in [0.15, 0.2) is 40.9 Å². The molecule has 0 spiro atoms. The number of hydrogen-bond donors (Lipinski definition) is 1. The Kier molecular flexibility index (Phi) is 4.62. The molecule has 1 N–H and O–H groups in total. The van der Waals surface area contributed by atoms with Gasteiger partial charge in [-0.25, -0.2) is 0 Å². The van der Waals surface area contributed by atoms with Crippen LogP contribution in [-0.2, 0) is 6.54 Å². The molecule has 20 heavy (non-hydrogen) atoms. The third-order valence-corrected chi connectivity index (χ3v) is 4.13. The van der Waals surface area contributed by atoms with E-state index in [2.05, 4.69) is 21.2 Å². The summed E-state index contributed by atoms with van der Waals surface area (Å²) in [4.78, 5) is 10.2. The van der Waals surface area contributed by atoms with Crippen LogP contribution >= 0.6 is 27.5 Å². The SMILES string of the molecule is Cc1cc(NCc2ccc([N+](=O)[O-])cc2Cl)ccc1Br. The van der Waals surface area contributed by atoms with Gasteiger partial charge in [0.2, 0.25) is 0 Å². The molecule has 0 bridgehead atoms. The van der Waals surface area contributed by atoms with Crippen LogP contribution in [0.4, 0.5) is 11.4 Å². The number of non-ortho nitro benzene ring substituents is 1. The van der Waals surface area contributed by atoms with Gasteiger partial charge in [0.05, 0.1) is 9.95 Å². The largest absolute Gasteiger partial charge is 0.381 e. The van der Waals surface area contributed by atoms with E-state index in [0.29, 0.717) is 11.6 Å². The molecule has 0 fully saturated rings. The quantitative estimate of drug-likeness (QED) is 0.625. The minimum atomic E-state index is -0.457. The Morgan fingerprint density at radius 1 is 1.30 bits per heavy atom. The van der Waals surface area contributed by atoms with Crippen LogP contribution in [0.3, 0.4) is 0 Å². The van der Waals surface area contributed by atoms with Gasteiger partial charge in [0.25, 0.3) is 5.69 Å².